The fourth-order valence-corrected chi connectivity index (χ4v) is 2.87. The van der Waals surface area contributed by atoms with Crippen LogP contribution in [0.25, 0.3) is 0 Å². The van der Waals surface area contributed by atoms with E-state index in [-0.39, 0.29) is 0 Å². The molecule has 2 aromatic rings. The van der Waals surface area contributed by atoms with Gasteiger partial charge >= 0.3 is 0 Å². The number of nitrogens with zero attached hydrogens (tertiary/aromatic N) is 1. The lowest BCUT2D eigenvalue weighted by atomic mass is 9.90. The quantitative estimate of drug-likeness (QED) is 0.888. The van der Waals surface area contributed by atoms with Crippen LogP contribution in [0.15, 0.2) is 42.7 Å². The van der Waals surface area contributed by atoms with Crippen molar-refractivity contribution in [1.29, 1.82) is 0 Å². The highest BCUT2D eigenvalue weighted by Crippen LogP contribution is 2.30. The van der Waals surface area contributed by atoms with Crippen molar-refractivity contribution in [3.63, 3.8) is 0 Å². The number of pyridine rings is 1. The van der Waals surface area contributed by atoms with Crippen LogP contribution >= 0.6 is 0 Å². The van der Waals surface area contributed by atoms with Gasteiger partial charge in [-0.1, -0.05) is 18.2 Å². The van der Waals surface area contributed by atoms with Gasteiger partial charge in [-0.25, -0.2) is 0 Å². The highest BCUT2D eigenvalue weighted by molar-refractivity contribution is 5.56. The molecule has 2 heteroatoms. The van der Waals surface area contributed by atoms with Gasteiger partial charge in [0.1, 0.15) is 0 Å². The molecule has 3 rings (SSSR count). The summed E-state index contributed by atoms with van der Waals surface area (Å²) in [6, 6.07) is 11.1. The van der Waals surface area contributed by atoms with Crippen LogP contribution < -0.4 is 5.32 Å². The lowest BCUT2D eigenvalue weighted by molar-refractivity contribution is 0.685. The molecule has 0 radical (unpaired) electrons. The zero-order chi connectivity index (χ0) is 13.1. The molecule has 1 atom stereocenters. The summed E-state index contributed by atoms with van der Waals surface area (Å²) in [7, 11) is 0. The summed E-state index contributed by atoms with van der Waals surface area (Å²) in [6.45, 7) is 2.19. The molecular weight excluding hydrogens is 232 g/mol. The van der Waals surface area contributed by atoms with Gasteiger partial charge in [-0.05, 0) is 61.4 Å². The molecule has 0 spiro atoms. The van der Waals surface area contributed by atoms with E-state index in [0.29, 0.717) is 6.04 Å². The minimum atomic E-state index is 0.294. The maximum atomic E-state index is 4.19. The van der Waals surface area contributed by atoms with E-state index in [0.717, 1.165) is 0 Å². The zero-order valence-electron chi connectivity index (χ0n) is 11.4. The fourth-order valence-electron chi connectivity index (χ4n) is 2.87. The average molecular weight is 252 g/mol. The van der Waals surface area contributed by atoms with E-state index in [9.17, 15) is 0 Å². The highest BCUT2D eigenvalue weighted by atomic mass is 14.9. The number of anilines is 1. The summed E-state index contributed by atoms with van der Waals surface area (Å²) in [4.78, 5) is 4.19. The highest BCUT2D eigenvalue weighted by Gasteiger charge is 2.14. The molecule has 1 aromatic heterocycles. The van der Waals surface area contributed by atoms with E-state index < -0.39 is 0 Å². The Morgan fingerprint density at radius 1 is 1.11 bits per heavy atom. The van der Waals surface area contributed by atoms with Crippen molar-refractivity contribution in [3.8, 4) is 0 Å². The van der Waals surface area contributed by atoms with Gasteiger partial charge < -0.3 is 5.32 Å². The third-order valence-electron chi connectivity index (χ3n) is 3.95. The second-order valence-corrected chi connectivity index (χ2v) is 5.30. The Hall–Kier alpha value is -1.83. The summed E-state index contributed by atoms with van der Waals surface area (Å²) >= 11 is 0. The molecule has 19 heavy (non-hydrogen) atoms. The molecule has 2 nitrogen and oxygen atoms in total. The Morgan fingerprint density at radius 3 is 2.84 bits per heavy atom. The van der Waals surface area contributed by atoms with Crippen molar-refractivity contribution < 1.29 is 0 Å². The maximum Gasteiger partial charge on any atom is 0.0500 e. The van der Waals surface area contributed by atoms with Crippen LogP contribution in [-0.2, 0) is 12.8 Å². The standard InChI is InChI=1S/C17H20N2/c1-13(15-8-5-11-18-12-15)19-17-10-4-7-14-6-2-3-9-16(14)17/h4-5,7-8,10-13,19H,2-3,6,9H2,1H3. The van der Waals surface area contributed by atoms with Gasteiger partial charge in [0.25, 0.3) is 0 Å². The first-order valence-electron chi connectivity index (χ1n) is 7.12. The Morgan fingerprint density at radius 2 is 2.00 bits per heavy atom. The third kappa shape index (κ3) is 2.62. The summed E-state index contributed by atoms with van der Waals surface area (Å²) in [5.74, 6) is 0. The number of aromatic nitrogens is 1. The molecule has 0 amide bonds. The van der Waals surface area contributed by atoms with Crippen LogP contribution in [0.2, 0.25) is 0 Å². The van der Waals surface area contributed by atoms with E-state index >= 15 is 0 Å². The summed E-state index contributed by atoms with van der Waals surface area (Å²) in [6.07, 6.45) is 8.83. The molecule has 1 heterocycles. The van der Waals surface area contributed by atoms with E-state index in [1.165, 1.54) is 48.1 Å². The largest absolute Gasteiger partial charge is 0.378 e. The summed E-state index contributed by atoms with van der Waals surface area (Å²) < 4.78 is 0. The maximum absolute atomic E-state index is 4.19. The van der Waals surface area contributed by atoms with Gasteiger partial charge in [0.15, 0.2) is 0 Å². The van der Waals surface area contributed by atoms with E-state index in [2.05, 4.69) is 41.5 Å². The van der Waals surface area contributed by atoms with E-state index in [1.54, 1.807) is 0 Å². The minimum absolute atomic E-state index is 0.294. The summed E-state index contributed by atoms with van der Waals surface area (Å²) in [5, 5.41) is 3.65. The number of hydrogen-bond donors (Lipinski definition) is 1. The molecule has 0 saturated carbocycles. The Labute approximate surface area is 114 Å². The molecule has 1 aliphatic carbocycles. The van der Waals surface area contributed by atoms with Crippen molar-refractivity contribution in [2.75, 3.05) is 5.32 Å². The number of rotatable bonds is 3. The van der Waals surface area contributed by atoms with Crippen molar-refractivity contribution in [2.24, 2.45) is 0 Å². The van der Waals surface area contributed by atoms with Crippen LogP contribution in [0.5, 0.6) is 0 Å². The lowest BCUT2D eigenvalue weighted by Crippen LogP contribution is -2.11. The molecule has 0 fully saturated rings. The fraction of sp³-hybridized carbons (Fsp3) is 0.353. The molecular formula is C17H20N2. The van der Waals surface area contributed by atoms with Gasteiger partial charge in [-0.15, -0.1) is 0 Å². The van der Waals surface area contributed by atoms with Crippen LogP contribution in [-0.4, -0.2) is 4.98 Å². The van der Waals surface area contributed by atoms with E-state index in [1.807, 2.05) is 18.5 Å². The first kappa shape index (κ1) is 12.2. The predicted octanol–water partition coefficient (Wildman–Crippen LogP) is 4.13. The minimum Gasteiger partial charge on any atom is -0.378 e. The molecule has 0 aliphatic heterocycles. The average Bonchev–Trinajstić information content (AvgIpc) is 2.48. The first-order valence-corrected chi connectivity index (χ1v) is 7.12. The van der Waals surface area contributed by atoms with Gasteiger partial charge in [0.05, 0.1) is 6.04 Å². The molecule has 1 unspecified atom stereocenters. The van der Waals surface area contributed by atoms with Crippen molar-refractivity contribution in [2.45, 2.75) is 38.6 Å². The predicted molar refractivity (Wildman–Crippen MR) is 79.4 cm³/mol. The van der Waals surface area contributed by atoms with Crippen LogP contribution in [0.3, 0.4) is 0 Å². The van der Waals surface area contributed by atoms with Crippen LogP contribution in [0, 0.1) is 0 Å². The normalized spacial score (nSPS) is 15.6. The van der Waals surface area contributed by atoms with Crippen molar-refractivity contribution >= 4 is 5.69 Å². The zero-order valence-corrected chi connectivity index (χ0v) is 11.4. The Kier molecular flexibility index (Phi) is 3.49. The van der Waals surface area contributed by atoms with Crippen molar-refractivity contribution in [3.05, 3.63) is 59.4 Å². The molecule has 1 aromatic carbocycles. The molecule has 0 bridgehead atoms. The number of benzene rings is 1. The first-order chi connectivity index (χ1) is 9.34. The second kappa shape index (κ2) is 5.43. The van der Waals surface area contributed by atoms with Crippen LogP contribution in [0.1, 0.15) is 42.5 Å². The molecule has 1 N–H and O–H groups in total. The third-order valence-corrected chi connectivity index (χ3v) is 3.95. The van der Waals surface area contributed by atoms with Gasteiger partial charge in [-0.3, -0.25) is 4.98 Å². The number of hydrogen-bond acceptors (Lipinski definition) is 2. The van der Waals surface area contributed by atoms with E-state index in [4.69, 9.17) is 0 Å². The number of aryl methyl sites for hydroxylation is 1. The molecule has 98 valence electrons. The van der Waals surface area contributed by atoms with Gasteiger partial charge in [-0.2, -0.15) is 0 Å². The Balaban J connectivity index is 1.84. The second-order valence-electron chi connectivity index (χ2n) is 5.30. The van der Waals surface area contributed by atoms with Crippen molar-refractivity contribution in [1.82, 2.24) is 4.98 Å². The monoisotopic (exact) mass is 252 g/mol. The SMILES string of the molecule is CC(Nc1cccc2c1CCCC2)c1cccnc1. The van der Waals surface area contributed by atoms with Crippen LogP contribution in [0.4, 0.5) is 5.69 Å². The topological polar surface area (TPSA) is 24.9 Å². The summed E-state index contributed by atoms with van der Waals surface area (Å²) in [5.41, 5.74) is 5.57. The molecule has 0 saturated heterocycles. The lowest BCUT2D eigenvalue weighted by Gasteiger charge is -2.23. The molecule has 1 aliphatic rings. The number of nitrogens with one attached hydrogen (secondary N) is 1. The number of fused-ring (bicyclic) bond motifs is 1. The van der Waals surface area contributed by atoms with Gasteiger partial charge in [0.2, 0.25) is 0 Å². The smallest absolute Gasteiger partial charge is 0.0500 e. The van der Waals surface area contributed by atoms with Gasteiger partial charge in [0, 0.05) is 18.1 Å². The Bertz CT molecular complexity index is 548.